The van der Waals surface area contributed by atoms with Gasteiger partial charge in [-0.05, 0) is 42.5 Å². The third-order valence-electron chi connectivity index (χ3n) is 5.29. The number of rotatable bonds is 7. The second-order valence-corrected chi connectivity index (χ2v) is 9.37. The Labute approximate surface area is 183 Å². The number of aryl methyl sites for hydroxylation is 2. The number of hydrogen-bond donors (Lipinski definition) is 0. The first-order chi connectivity index (χ1) is 14.8. The zero-order valence-electron chi connectivity index (χ0n) is 16.4. The van der Waals surface area contributed by atoms with Gasteiger partial charge >= 0.3 is 0 Å². The molecule has 0 radical (unpaired) electrons. The zero-order chi connectivity index (χ0) is 20.3. The van der Waals surface area contributed by atoms with E-state index >= 15 is 0 Å². The number of carbonyl (C=O) groups is 1. The van der Waals surface area contributed by atoms with E-state index in [9.17, 15) is 4.79 Å². The molecule has 0 saturated heterocycles. The highest BCUT2D eigenvalue weighted by Crippen LogP contribution is 2.40. The topological polar surface area (TPSA) is 59.2 Å². The minimum atomic E-state index is 0.0684. The van der Waals surface area contributed by atoms with E-state index in [1.54, 1.807) is 23.9 Å². The summed E-state index contributed by atoms with van der Waals surface area (Å²) < 4.78 is 5.49. The third kappa shape index (κ3) is 4.00. The molecule has 4 aromatic rings. The molecule has 3 heterocycles. The van der Waals surface area contributed by atoms with Gasteiger partial charge in [0.2, 0.25) is 5.91 Å². The van der Waals surface area contributed by atoms with Crippen molar-refractivity contribution < 1.29 is 9.21 Å². The van der Waals surface area contributed by atoms with Crippen LogP contribution >= 0.6 is 23.1 Å². The fourth-order valence-electron chi connectivity index (χ4n) is 3.86. The normalized spacial score (nSPS) is 12.9. The maximum absolute atomic E-state index is 13.2. The van der Waals surface area contributed by atoms with Gasteiger partial charge in [-0.3, -0.25) is 4.79 Å². The molecule has 0 saturated carbocycles. The van der Waals surface area contributed by atoms with Gasteiger partial charge in [0.1, 0.15) is 21.9 Å². The quantitative estimate of drug-likeness (QED) is 0.299. The minimum absolute atomic E-state index is 0.0684. The first-order valence-electron chi connectivity index (χ1n) is 10.00. The molecule has 1 aliphatic rings. The molecule has 30 heavy (non-hydrogen) atoms. The fourth-order valence-corrected chi connectivity index (χ4v) is 6.08. The molecule has 0 spiro atoms. The Balaban J connectivity index is 1.35. The fraction of sp³-hybridized carbons (Fsp3) is 0.261. The molecule has 1 aromatic carbocycles. The lowest BCUT2D eigenvalue weighted by atomic mass is 10.2. The Bertz CT molecular complexity index is 1160. The molecule has 152 valence electrons. The lowest BCUT2D eigenvalue weighted by Crippen LogP contribution is -2.31. The highest BCUT2D eigenvalue weighted by molar-refractivity contribution is 8.00. The summed E-state index contributed by atoms with van der Waals surface area (Å²) >= 11 is 3.29. The van der Waals surface area contributed by atoms with Gasteiger partial charge in [0, 0.05) is 16.8 Å². The molecule has 0 fully saturated rings. The van der Waals surface area contributed by atoms with Gasteiger partial charge in [0.25, 0.3) is 0 Å². The van der Waals surface area contributed by atoms with Crippen molar-refractivity contribution in [2.75, 3.05) is 5.75 Å². The molecule has 0 aliphatic heterocycles. The second-order valence-electron chi connectivity index (χ2n) is 7.32. The van der Waals surface area contributed by atoms with E-state index in [2.05, 4.69) is 9.97 Å². The molecule has 5 rings (SSSR count). The van der Waals surface area contributed by atoms with Gasteiger partial charge in [-0.1, -0.05) is 42.1 Å². The highest BCUT2D eigenvalue weighted by atomic mass is 32.2. The van der Waals surface area contributed by atoms with Crippen molar-refractivity contribution in [1.82, 2.24) is 14.9 Å². The van der Waals surface area contributed by atoms with Gasteiger partial charge in [-0.15, -0.1) is 11.3 Å². The average Bonchev–Trinajstić information content (AvgIpc) is 3.50. The lowest BCUT2D eigenvalue weighted by molar-refractivity contribution is -0.129. The first kappa shape index (κ1) is 19.3. The summed E-state index contributed by atoms with van der Waals surface area (Å²) in [5.74, 6) is 1.19. The standard InChI is InChI=1S/C23H21N3O2S2/c27-20(26(13-17-8-5-11-28-17)12-16-6-2-1-3-7-16)14-29-22-21-18-9-4-10-19(18)30-23(21)25-15-24-22/h1-3,5-8,11,15H,4,9-10,12-14H2. The summed E-state index contributed by atoms with van der Waals surface area (Å²) in [6.07, 6.45) is 6.68. The summed E-state index contributed by atoms with van der Waals surface area (Å²) in [4.78, 5) is 26.5. The van der Waals surface area contributed by atoms with E-state index in [0.29, 0.717) is 18.8 Å². The maximum atomic E-state index is 13.2. The Hall–Kier alpha value is -2.64. The lowest BCUT2D eigenvalue weighted by Gasteiger charge is -2.22. The van der Waals surface area contributed by atoms with Crippen molar-refractivity contribution in [3.05, 3.63) is 76.8 Å². The molecule has 7 heteroatoms. The number of hydrogen-bond acceptors (Lipinski definition) is 6. The molecule has 0 N–H and O–H groups in total. The Morgan fingerprint density at radius 2 is 2.00 bits per heavy atom. The summed E-state index contributed by atoms with van der Waals surface area (Å²) in [6.45, 7) is 1.00. The van der Waals surface area contributed by atoms with Crippen LogP contribution < -0.4 is 0 Å². The molecular weight excluding hydrogens is 414 g/mol. The monoisotopic (exact) mass is 435 g/mol. The molecular formula is C23H21N3O2S2. The predicted molar refractivity (Wildman–Crippen MR) is 120 cm³/mol. The molecule has 0 bridgehead atoms. The van der Waals surface area contributed by atoms with Crippen molar-refractivity contribution in [3.63, 3.8) is 0 Å². The molecule has 1 aliphatic carbocycles. The van der Waals surface area contributed by atoms with E-state index in [0.717, 1.165) is 39.4 Å². The van der Waals surface area contributed by atoms with Gasteiger partial charge in [-0.2, -0.15) is 0 Å². The van der Waals surface area contributed by atoms with Gasteiger partial charge in [-0.25, -0.2) is 9.97 Å². The van der Waals surface area contributed by atoms with Crippen molar-refractivity contribution >= 4 is 39.2 Å². The van der Waals surface area contributed by atoms with Gasteiger partial charge in [0.05, 0.1) is 18.6 Å². The second kappa shape index (κ2) is 8.62. The third-order valence-corrected chi connectivity index (χ3v) is 7.47. The van der Waals surface area contributed by atoms with Crippen LogP contribution in [0.5, 0.6) is 0 Å². The summed E-state index contributed by atoms with van der Waals surface area (Å²) in [7, 11) is 0. The molecule has 0 atom stereocenters. The molecule has 0 unspecified atom stereocenters. The summed E-state index contributed by atoms with van der Waals surface area (Å²) in [6, 6.07) is 13.8. The van der Waals surface area contributed by atoms with Crippen LogP contribution in [0.15, 0.2) is 64.5 Å². The summed E-state index contributed by atoms with van der Waals surface area (Å²) in [5, 5.41) is 2.08. The van der Waals surface area contributed by atoms with Crippen LogP contribution in [0.4, 0.5) is 0 Å². The minimum Gasteiger partial charge on any atom is -0.467 e. The largest absolute Gasteiger partial charge is 0.467 e. The zero-order valence-corrected chi connectivity index (χ0v) is 18.0. The maximum Gasteiger partial charge on any atom is 0.233 e. The predicted octanol–water partition coefficient (Wildman–Crippen LogP) is 5.09. The number of fused-ring (bicyclic) bond motifs is 3. The van der Waals surface area contributed by atoms with Crippen molar-refractivity contribution in [3.8, 4) is 0 Å². The SMILES string of the molecule is O=C(CSc1ncnc2sc3c(c12)CCC3)N(Cc1ccccc1)Cc1ccco1. The van der Waals surface area contributed by atoms with E-state index in [1.807, 2.05) is 47.4 Å². The Morgan fingerprint density at radius 1 is 1.10 bits per heavy atom. The van der Waals surface area contributed by atoms with Crippen LogP contribution in [0.3, 0.4) is 0 Å². The van der Waals surface area contributed by atoms with E-state index < -0.39 is 0 Å². The van der Waals surface area contributed by atoms with E-state index in [4.69, 9.17) is 4.42 Å². The summed E-state index contributed by atoms with van der Waals surface area (Å²) in [5.41, 5.74) is 2.49. The number of amides is 1. The number of carbonyl (C=O) groups excluding carboxylic acids is 1. The number of nitrogens with zero attached hydrogens (tertiary/aromatic N) is 3. The Morgan fingerprint density at radius 3 is 2.83 bits per heavy atom. The van der Waals surface area contributed by atoms with Crippen molar-refractivity contribution in [2.24, 2.45) is 0 Å². The number of aromatic nitrogens is 2. The smallest absolute Gasteiger partial charge is 0.233 e. The van der Waals surface area contributed by atoms with Crippen LogP contribution in [-0.4, -0.2) is 26.5 Å². The van der Waals surface area contributed by atoms with Gasteiger partial charge in [0.15, 0.2) is 0 Å². The molecule has 3 aromatic heterocycles. The van der Waals surface area contributed by atoms with Crippen molar-refractivity contribution in [2.45, 2.75) is 37.4 Å². The molecule has 1 amide bonds. The van der Waals surface area contributed by atoms with Crippen LogP contribution in [0.1, 0.15) is 28.2 Å². The number of furan rings is 1. The van der Waals surface area contributed by atoms with Crippen LogP contribution in [0.25, 0.3) is 10.2 Å². The Kier molecular flexibility index (Phi) is 5.55. The first-order valence-corrected chi connectivity index (χ1v) is 11.8. The van der Waals surface area contributed by atoms with Gasteiger partial charge < -0.3 is 9.32 Å². The average molecular weight is 436 g/mol. The molecule has 5 nitrogen and oxygen atoms in total. The van der Waals surface area contributed by atoms with Crippen LogP contribution in [0, 0.1) is 0 Å². The van der Waals surface area contributed by atoms with Crippen LogP contribution in [0.2, 0.25) is 0 Å². The highest BCUT2D eigenvalue weighted by Gasteiger charge is 2.23. The van der Waals surface area contributed by atoms with Crippen LogP contribution in [-0.2, 0) is 30.7 Å². The van der Waals surface area contributed by atoms with E-state index in [-0.39, 0.29) is 5.91 Å². The van der Waals surface area contributed by atoms with E-state index in [1.165, 1.54) is 28.6 Å². The number of benzene rings is 1. The van der Waals surface area contributed by atoms with Crippen molar-refractivity contribution in [1.29, 1.82) is 0 Å². The number of thiophene rings is 1. The number of thioether (sulfide) groups is 1.